The van der Waals surface area contributed by atoms with Crippen LogP contribution < -0.4 is 11.1 Å². The molecule has 0 spiro atoms. The number of hydrogen-bond acceptors (Lipinski definition) is 3. The molecule has 0 fully saturated rings. The van der Waals surface area contributed by atoms with Crippen molar-refractivity contribution in [1.82, 2.24) is 10.2 Å². The highest BCUT2D eigenvalue weighted by Crippen LogP contribution is 2.05. The fraction of sp³-hybridized carbons (Fsp3) is 0.500. The second-order valence-electron chi connectivity index (χ2n) is 4.85. The molecule has 0 aliphatic rings. The van der Waals surface area contributed by atoms with E-state index >= 15 is 0 Å². The van der Waals surface area contributed by atoms with Crippen LogP contribution in [0.15, 0.2) is 24.3 Å². The lowest BCUT2D eigenvalue weighted by Gasteiger charge is -2.20. The van der Waals surface area contributed by atoms with Crippen molar-refractivity contribution < 1.29 is 4.79 Å². The van der Waals surface area contributed by atoms with E-state index in [0.717, 1.165) is 12.1 Å². The molecule has 1 rings (SSSR count). The van der Waals surface area contributed by atoms with Crippen molar-refractivity contribution in [1.29, 1.82) is 0 Å². The highest BCUT2D eigenvalue weighted by atomic mass is 35.5. The van der Waals surface area contributed by atoms with Gasteiger partial charge in [0.25, 0.3) is 0 Å². The van der Waals surface area contributed by atoms with E-state index in [0.29, 0.717) is 19.1 Å². The molecule has 1 aromatic carbocycles. The van der Waals surface area contributed by atoms with Crippen molar-refractivity contribution in [3.63, 3.8) is 0 Å². The van der Waals surface area contributed by atoms with Crippen LogP contribution in [0.4, 0.5) is 5.69 Å². The summed E-state index contributed by atoms with van der Waals surface area (Å²) in [6.45, 7) is 5.25. The third-order valence-corrected chi connectivity index (χ3v) is 2.99. The molecule has 0 atom stereocenters. The van der Waals surface area contributed by atoms with Gasteiger partial charge in [-0.05, 0) is 45.0 Å². The number of hydrogen-bond donors (Lipinski definition) is 2. The summed E-state index contributed by atoms with van der Waals surface area (Å²) in [4.78, 5) is 13.6. The summed E-state index contributed by atoms with van der Waals surface area (Å²) in [5, 5.41) is 2.92. The molecule has 1 aromatic rings. The van der Waals surface area contributed by atoms with E-state index in [1.165, 1.54) is 5.56 Å². The topological polar surface area (TPSA) is 58.4 Å². The van der Waals surface area contributed by atoms with Crippen LogP contribution in [0.1, 0.15) is 19.4 Å². The first-order valence-electron chi connectivity index (χ1n) is 6.30. The van der Waals surface area contributed by atoms with E-state index in [2.05, 4.69) is 19.2 Å². The second kappa shape index (κ2) is 10.8. The second-order valence-corrected chi connectivity index (χ2v) is 4.85. The third kappa shape index (κ3) is 8.25. The maximum absolute atomic E-state index is 11.6. The van der Waals surface area contributed by atoms with Gasteiger partial charge in [-0.15, -0.1) is 24.8 Å². The predicted octanol–water partition coefficient (Wildman–Crippen LogP) is 2.11. The average molecular weight is 322 g/mol. The molecule has 0 saturated carbocycles. The zero-order chi connectivity index (χ0) is 13.5. The van der Waals surface area contributed by atoms with Gasteiger partial charge in [0.2, 0.25) is 5.91 Å². The zero-order valence-corrected chi connectivity index (χ0v) is 13.9. The number of nitrogen functional groups attached to an aromatic ring is 1. The first kappa shape index (κ1) is 21.3. The van der Waals surface area contributed by atoms with E-state index in [9.17, 15) is 4.79 Å². The Morgan fingerprint density at radius 1 is 1.25 bits per heavy atom. The Morgan fingerprint density at radius 2 is 1.80 bits per heavy atom. The quantitative estimate of drug-likeness (QED) is 0.789. The van der Waals surface area contributed by atoms with E-state index in [4.69, 9.17) is 5.73 Å². The Hall–Kier alpha value is -0.970. The first-order valence-corrected chi connectivity index (χ1v) is 6.30. The lowest BCUT2D eigenvalue weighted by molar-refractivity contribution is -0.122. The zero-order valence-electron chi connectivity index (χ0n) is 12.3. The van der Waals surface area contributed by atoms with Crippen LogP contribution in [0.25, 0.3) is 0 Å². The summed E-state index contributed by atoms with van der Waals surface area (Å²) in [6.07, 6.45) is 0.831. The number of amides is 1. The van der Waals surface area contributed by atoms with Crippen molar-refractivity contribution >= 4 is 36.4 Å². The Labute approximate surface area is 133 Å². The first-order chi connectivity index (χ1) is 8.49. The molecule has 0 unspecified atom stereocenters. The molecule has 0 saturated heterocycles. The predicted molar refractivity (Wildman–Crippen MR) is 89.8 cm³/mol. The summed E-state index contributed by atoms with van der Waals surface area (Å²) in [6, 6.07) is 8.12. The summed E-state index contributed by atoms with van der Waals surface area (Å²) < 4.78 is 0. The van der Waals surface area contributed by atoms with Crippen LogP contribution in [-0.4, -0.2) is 37.0 Å². The van der Waals surface area contributed by atoms with Gasteiger partial charge in [-0.3, -0.25) is 9.69 Å². The molecule has 3 N–H and O–H groups in total. The van der Waals surface area contributed by atoms with E-state index in [1.54, 1.807) is 0 Å². The molecule has 6 heteroatoms. The lowest BCUT2D eigenvalue weighted by Crippen LogP contribution is -2.39. The van der Waals surface area contributed by atoms with Gasteiger partial charge < -0.3 is 11.1 Å². The number of benzene rings is 1. The molecule has 0 aliphatic heterocycles. The minimum Gasteiger partial charge on any atom is -0.399 e. The van der Waals surface area contributed by atoms with Gasteiger partial charge in [0.1, 0.15) is 0 Å². The molecule has 4 nitrogen and oxygen atoms in total. The molecular weight excluding hydrogens is 297 g/mol. The Balaban J connectivity index is 0. The molecule has 0 aliphatic carbocycles. The monoisotopic (exact) mass is 321 g/mol. The lowest BCUT2D eigenvalue weighted by atomic mass is 10.1. The van der Waals surface area contributed by atoms with E-state index in [-0.39, 0.29) is 30.7 Å². The number of nitrogens with one attached hydrogen (secondary N) is 1. The van der Waals surface area contributed by atoms with Crippen molar-refractivity contribution in [2.45, 2.75) is 26.3 Å². The summed E-state index contributed by atoms with van der Waals surface area (Å²) >= 11 is 0. The van der Waals surface area contributed by atoms with Crippen molar-refractivity contribution in [3.8, 4) is 0 Å². The highest BCUT2D eigenvalue weighted by Gasteiger charge is 2.08. The van der Waals surface area contributed by atoms with Crippen molar-refractivity contribution in [2.75, 3.05) is 25.9 Å². The summed E-state index contributed by atoms with van der Waals surface area (Å²) in [5.74, 6) is 0.0710. The summed E-state index contributed by atoms with van der Waals surface area (Å²) in [5.41, 5.74) is 7.56. The number of nitrogens with zero attached hydrogens (tertiary/aromatic N) is 1. The SMILES string of the molecule is CC(C)N(C)CC(=O)NCCc1ccc(N)cc1.Cl.Cl. The van der Waals surface area contributed by atoms with Crippen LogP contribution in [0, 0.1) is 0 Å². The maximum Gasteiger partial charge on any atom is 0.234 e. The molecule has 0 bridgehead atoms. The molecule has 0 heterocycles. The van der Waals surface area contributed by atoms with Gasteiger partial charge in [0, 0.05) is 18.3 Å². The molecule has 1 amide bonds. The number of carbonyl (C=O) groups is 1. The van der Waals surface area contributed by atoms with Crippen LogP contribution >= 0.6 is 24.8 Å². The van der Waals surface area contributed by atoms with Crippen LogP contribution in [0.5, 0.6) is 0 Å². The number of carbonyl (C=O) groups excluding carboxylic acids is 1. The van der Waals surface area contributed by atoms with Gasteiger partial charge in [0.15, 0.2) is 0 Å². The fourth-order valence-electron chi connectivity index (χ4n) is 1.50. The molecular formula is C14H25Cl2N3O. The minimum absolute atomic E-state index is 0. The Morgan fingerprint density at radius 3 is 2.30 bits per heavy atom. The molecule has 20 heavy (non-hydrogen) atoms. The smallest absolute Gasteiger partial charge is 0.234 e. The number of anilines is 1. The normalized spacial score (nSPS) is 9.85. The average Bonchev–Trinajstić information content (AvgIpc) is 2.31. The molecule has 0 aromatic heterocycles. The van der Waals surface area contributed by atoms with Gasteiger partial charge in [-0.25, -0.2) is 0 Å². The van der Waals surface area contributed by atoms with Crippen LogP contribution in [0.2, 0.25) is 0 Å². The number of halogens is 2. The van der Waals surface area contributed by atoms with Gasteiger partial charge in [0.05, 0.1) is 6.54 Å². The van der Waals surface area contributed by atoms with Crippen molar-refractivity contribution in [3.05, 3.63) is 29.8 Å². The van der Waals surface area contributed by atoms with E-state index in [1.807, 2.05) is 36.2 Å². The van der Waals surface area contributed by atoms with Gasteiger partial charge in [-0.2, -0.15) is 0 Å². The number of rotatable bonds is 6. The minimum atomic E-state index is 0. The number of likely N-dealkylation sites (N-methyl/N-ethyl adjacent to an activating group) is 1. The van der Waals surface area contributed by atoms with Gasteiger partial charge in [-0.1, -0.05) is 12.1 Å². The molecule has 116 valence electrons. The van der Waals surface area contributed by atoms with Gasteiger partial charge >= 0.3 is 0 Å². The third-order valence-electron chi connectivity index (χ3n) is 2.99. The standard InChI is InChI=1S/C14H23N3O.2ClH/c1-11(2)17(3)10-14(18)16-9-8-12-4-6-13(15)7-5-12;;/h4-7,11H,8-10,15H2,1-3H3,(H,16,18);2*1H. The Bertz CT molecular complexity index is 383. The fourth-order valence-corrected chi connectivity index (χ4v) is 1.50. The van der Waals surface area contributed by atoms with E-state index < -0.39 is 0 Å². The number of nitrogens with two attached hydrogens (primary N) is 1. The Kier molecular flexibility index (Phi) is 11.5. The molecule has 0 radical (unpaired) electrons. The van der Waals surface area contributed by atoms with Crippen LogP contribution in [0.3, 0.4) is 0 Å². The van der Waals surface area contributed by atoms with Crippen molar-refractivity contribution in [2.24, 2.45) is 0 Å². The maximum atomic E-state index is 11.6. The largest absolute Gasteiger partial charge is 0.399 e. The van der Waals surface area contributed by atoms with Crippen LogP contribution in [-0.2, 0) is 11.2 Å². The summed E-state index contributed by atoms with van der Waals surface area (Å²) in [7, 11) is 1.95. The highest BCUT2D eigenvalue weighted by molar-refractivity contribution is 5.85.